The fourth-order valence-electron chi connectivity index (χ4n) is 2.31. The van der Waals surface area contributed by atoms with Crippen molar-refractivity contribution >= 4 is 17.6 Å². The van der Waals surface area contributed by atoms with Crippen molar-refractivity contribution in [3.05, 3.63) is 34.6 Å². The number of rotatable bonds is 1. The molecule has 5 heteroatoms. The Labute approximate surface area is 104 Å². The molecule has 5 nitrogen and oxygen atoms in total. The van der Waals surface area contributed by atoms with E-state index in [4.69, 9.17) is 4.52 Å². The van der Waals surface area contributed by atoms with Crippen LogP contribution in [-0.2, 0) is 9.59 Å². The summed E-state index contributed by atoms with van der Waals surface area (Å²) in [6.07, 6.45) is 3.06. The molecule has 2 aliphatic rings. The molecule has 0 bridgehead atoms. The Kier molecular flexibility index (Phi) is 2.23. The average Bonchev–Trinajstić information content (AvgIpc) is 2.84. The minimum Gasteiger partial charge on any atom is -0.360 e. The molecule has 2 heterocycles. The normalized spacial score (nSPS) is 19.4. The number of carbonyl (C=O) groups excluding carboxylic acids is 2. The third kappa shape index (κ3) is 1.44. The zero-order valence-corrected chi connectivity index (χ0v) is 10.2. The lowest BCUT2D eigenvalue weighted by Gasteiger charge is -2.09. The van der Waals surface area contributed by atoms with Gasteiger partial charge in [0.1, 0.15) is 5.76 Å². The highest BCUT2D eigenvalue weighted by Gasteiger charge is 2.40. The number of allylic oxidation sites excluding steroid dienone is 2. The van der Waals surface area contributed by atoms with Crippen molar-refractivity contribution in [2.75, 3.05) is 4.90 Å². The molecule has 3 rings (SSSR count). The van der Waals surface area contributed by atoms with Crippen molar-refractivity contribution in [3.63, 3.8) is 0 Å². The van der Waals surface area contributed by atoms with Crippen LogP contribution in [0.4, 0.5) is 5.82 Å². The molecule has 0 aromatic carbocycles. The first-order chi connectivity index (χ1) is 8.58. The second-order valence-electron chi connectivity index (χ2n) is 4.63. The maximum atomic E-state index is 12.2. The summed E-state index contributed by atoms with van der Waals surface area (Å²) in [6, 6.07) is 1.59. The molecule has 0 atom stereocenters. The molecule has 92 valence electrons. The number of hydrogen-bond acceptors (Lipinski definition) is 4. The maximum Gasteiger partial charge on any atom is 0.263 e. The van der Waals surface area contributed by atoms with E-state index in [0.717, 1.165) is 10.5 Å². The summed E-state index contributed by atoms with van der Waals surface area (Å²) in [5, 5.41) is 3.74. The summed E-state index contributed by atoms with van der Waals surface area (Å²) in [5.41, 5.74) is 2.31. The summed E-state index contributed by atoms with van der Waals surface area (Å²) in [6.45, 7) is 3.69. The molecule has 2 amide bonds. The van der Waals surface area contributed by atoms with Crippen molar-refractivity contribution in [1.29, 1.82) is 0 Å². The van der Waals surface area contributed by atoms with Crippen LogP contribution in [0.25, 0.3) is 0 Å². The van der Waals surface area contributed by atoms with Crippen molar-refractivity contribution in [3.8, 4) is 0 Å². The van der Waals surface area contributed by atoms with Gasteiger partial charge in [0, 0.05) is 17.2 Å². The van der Waals surface area contributed by atoms with Gasteiger partial charge in [0.25, 0.3) is 11.8 Å². The molecule has 0 saturated heterocycles. The van der Waals surface area contributed by atoms with Gasteiger partial charge in [-0.2, -0.15) is 0 Å². The molecule has 1 aliphatic carbocycles. The van der Waals surface area contributed by atoms with Gasteiger partial charge < -0.3 is 4.52 Å². The lowest BCUT2D eigenvalue weighted by Crippen LogP contribution is -2.31. The SMILES string of the molecule is CC1=CCC2=C(C1)C(=O)N(c1cc(C)on1)C2=O. The van der Waals surface area contributed by atoms with Crippen LogP contribution in [0.2, 0.25) is 0 Å². The lowest BCUT2D eigenvalue weighted by atomic mass is 9.94. The molecule has 1 aromatic rings. The van der Waals surface area contributed by atoms with Crippen molar-refractivity contribution in [2.45, 2.75) is 26.7 Å². The van der Waals surface area contributed by atoms with Crippen LogP contribution in [0.15, 0.2) is 33.4 Å². The monoisotopic (exact) mass is 244 g/mol. The summed E-state index contributed by atoms with van der Waals surface area (Å²) in [5.74, 6) is 0.308. The molecule has 1 aromatic heterocycles. The Bertz CT molecular complexity index is 622. The third-order valence-corrected chi connectivity index (χ3v) is 3.24. The van der Waals surface area contributed by atoms with Crippen LogP contribution in [0.1, 0.15) is 25.5 Å². The summed E-state index contributed by atoms with van der Waals surface area (Å²) in [4.78, 5) is 25.6. The fourth-order valence-corrected chi connectivity index (χ4v) is 2.31. The molecule has 0 fully saturated rings. The fraction of sp³-hybridized carbons (Fsp3) is 0.308. The van der Waals surface area contributed by atoms with E-state index in [1.807, 2.05) is 13.0 Å². The Morgan fingerprint density at radius 3 is 2.61 bits per heavy atom. The number of imide groups is 1. The van der Waals surface area contributed by atoms with E-state index in [-0.39, 0.29) is 17.6 Å². The molecule has 0 radical (unpaired) electrons. The number of anilines is 1. The van der Waals surface area contributed by atoms with E-state index in [0.29, 0.717) is 29.7 Å². The van der Waals surface area contributed by atoms with E-state index < -0.39 is 0 Å². The number of hydrogen-bond donors (Lipinski definition) is 0. The predicted octanol–water partition coefficient (Wildman–Crippen LogP) is 1.89. The molecule has 1 aliphatic heterocycles. The first kappa shape index (κ1) is 11.0. The quantitative estimate of drug-likeness (QED) is 0.559. The maximum absolute atomic E-state index is 12.2. The van der Waals surface area contributed by atoms with Crippen LogP contribution < -0.4 is 4.90 Å². The summed E-state index contributed by atoms with van der Waals surface area (Å²) >= 11 is 0. The van der Waals surface area contributed by atoms with E-state index in [9.17, 15) is 9.59 Å². The Hall–Kier alpha value is -2.17. The van der Waals surface area contributed by atoms with Gasteiger partial charge in [0.05, 0.1) is 0 Å². The number of nitrogens with zero attached hydrogens (tertiary/aromatic N) is 2. The Balaban J connectivity index is 1.99. The number of aromatic nitrogens is 1. The van der Waals surface area contributed by atoms with Crippen LogP contribution in [0.5, 0.6) is 0 Å². The summed E-state index contributed by atoms with van der Waals surface area (Å²) < 4.78 is 4.92. The zero-order valence-electron chi connectivity index (χ0n) is 10.2. The van der Waals surface area contributed by atoms with Crippen molar-refractivity contribution in [1.82, 2.24) is 5.16 Å². The number of amides is 2. The van der Waals surface area contributed by atoms with Gasteiger partial charge in [0.15, 0.2) is 5.82 Å². The molecular weight excluding hydrogens is 232 g/mol. The van der Waals surface area contributed by atoms with Gasteiger partial charge >= 0.3 is 0 Å². The number of carbonyl (C=O) groups is 2. The van der Waals surface area contributed by atoms with E-state index in [1.165, 1.54) is 0 Å². The highest BCUT2D eigenvalue weighted by Crippen LogP contribution is 2.34. The zero-order chi connectivity index (χ0) is 12.9. The molecule has 0 saturated carbocycles. The van der Waals surface area contributed by atoms with E-state index >= 15 is 0 Å². The largest absolute Gasteiger partial charge is 0.360 e. The van der Waals surface area contributed by atoms with Gasteiger partial charge in [-0.3, -0.25) is 9.59 Å². The molecule has 18 heavy (non-hydrogen) atoms. The highest BCUT2D eigenvalue weighted by molar-refractivity contribution is 6.32. The third-order valence-electron chi connectivity index (χ3n) is 3.24. The second kappa shape index (κ2) is 3.66. The molecular formula is C13H12N2O3. The van der Waals surface area contributed by atoms with Crippen LogP contribution >= 0.6 is 0 Å². The van der Waals surface area contributed by atoms with Crippen LogP contribution in [-0.4, -0.2) is 17.0 Å². The Morgan fingerprint density at radius 1 is 1.22 bits per heavy atom. The second-order valence-corrected chi connectivity index (χ2v) is 4.63. The van der Waals surface area contributed by atoms with Crippen molar-refractivity contribution in [2.24, 2.45) is 0 Å². The summed E-state index contributed by atoms with van der Waals surface area (Å²) in [7, 11) is 0. The first-order valence-electron chi connectivity index (χ1n) is 5.77. The van der Waals surface area contributed by atoms with Gasteiger partial charge in [-0.1, -0.05) is 16.8 Å². The van der Waals surface area contributed by atoms with Crippen LogP contribution in [0.3, 0.4) is 0 Å². The molecule has 0 unspecified atom stereocenters. The average molecular weight is 244 g/mol. The van der Waals surface area contributed by atoms with Gasteiger partial charge in [0.2, 0.25) is 0 Å². The molecule has 0 spiro atoms. The minimum absolute atomic E-state index is 0.268. The highest BCUT2D eigenvalue weighted by atomic mass is 16.5. The van der Waals surface area contributed by atoms with Gasteiger partial charge in [-0.05, 0) is 26.7 Å². The van der Waals surface area contributed by atoms with E-state index in [2.05, 4.69) is 5.16 Å². The van der Waals surface area contributed by atoms with Crippen LogP contribution in [0, 0.1) is 6.92 Å². The topological polar surface area (TPSA) is 63.4 Å². The predicted molar refractivity (Wildman–Crippen MR) is 63.8 cm³/mol. The van der Waals surface area contributed by atoms with Gasteiger partial charge in [-0.25, -0.2) is 4.90 Å². The first-order valence-corrected chi connectivity index (χ1v) is 5.77. The standard InChI is InChI=1S/C13H12N2O3/c1-7-3-4-9-10(5-7)13(17)15(12(9)16)11-6-8(2)18-14-11/h3,6H,4-5H2,1-2H3. The Morgan fingerprint density at radius 2 is 1.94 bits per heavy atom. The molecule has 0 N–H and O–H groups in total. The smallest absolute Gasteiger partial charge is 0.263 e. The van der Waals surface area contributed by atoms with Gasteiger partial charge in [-0.15, -0.1) is 0 Å². The van der Waals surface area contributed by atoms with Crippen molar-refractivity contribution < 1.29 is 14.1 Å². The van der Waals surface area contributed by atoms with E-state index in [1.54, 1.807) is 13.0 Å². The minimum atomic E-state index is -0.271. The lowest BCUT2D eigenvalue weighted by molar-refractivity contribution is -0.120. The number of aryl methyl sites for hydroxylation is 1.